The molecule has 0 aliphatic heterocycles. The lowest BCUT2D eigenvalue weighted by molar-refractivity contribution is 0.208. The van der Waals surface area contributed by atoms with Crippen LogP contribution in [-0.4, -0.2) is 16.5 Å². The van der Waals surface area contributed by atoms with Gasteiger partial charge in [0.05, 0.1) is 16.9 Å². The minimum atomic E-state index is -0.295. The summed E-state index contributed by atoms with van der Waals surface area (Å²) >= 11 is 5.83. The Labute approximate surface area is 104 Å². The van der Waals surface area contributed by atoms with Gasteiger partial charge in [0.1, 0.15) is 5.75 Å². The van der Waals surface area contributed by atoms with Gasteiger partial charge in [0.2, 0.25) is 0 Å². The Morgan fingerprint density at radius 2 is 2.24 bits per heavy atom. The lowest BCUT2D eigenvalue weighted by Crippen LogP contribution is -2.19. The molecule has 0 bridgehead atoms. The van der Waals surface area contributed by atoms with E-state index < -0.39 is 0 Å². The summed E-state index contributed by atoms with van der Waals surface area (Å²) in [5, 5.41) is 0.527. The quantitative estimate of drug-likeness (QED) is 0.903. The summed E-state index contributed by atoms with van der Waals surface area (Å²) in [6, 6.07) is 7.30. The van der Waals surface area contributed by atoms with Crippen LogP contribution >= 0.6 is 11.6 Å². The molecule has 0 radical (unpaired) electrons. The number of nitrogens with two attached hydrogens (primary N) is 1. The average molecular weight is 250 g/mol. The Morgan fingerprint density at radius 3 is 2.88 bits per heavy atom. The SMILES string of the molecule is NCC(Oc1cncc(Cl)c1)c1ccccn1. The molecule has 1 atom stereocenters. The lowest BCUT2D eigenvalue weighted by Gasteiger charge is -2.16. The highest BCUT2D eigenvalue weighted by molar-refractivity contribution is 6.30. The molecule has 1 unspecified atom stereocenters. The van der Waals surface area contributed by atoms with Crippen LogP contribution in [0.4, 0.5) is 0 Å². The summed E-state index contributed by atoms with van der Waals surface area (Å²) in [5.74, 6) is 0.582. The third-order valence-corrected chi connectivity index (χ3v) is 2.40. The van der Waals surface area contributed by atoms with Crippen LogP contribution in [0.15, 0.2) is 42.9 Å². The van der Waals surface area contributed by atoms with Gasteiger partial charge in [-0.3, -0.25) is 9.97 Å². The normalized spacial score (nSPS) is 12.1. The Balaban J connectivity index is 2.16. The highest BCUT2D eigenvalue weighted by Gasteiger charge is 2.12. The second-order valence-corrected chi connectivity index (χ2v) is 3.87. The summed E-state index contributed by atoms with van der Waals surface area (Å²) < 4.78 is 5.70. The Morgan fingerprint density at radius 1 is 1.35 bits per heavy atom. The molecule has 4 nitrogen and oxygen atoms in total. The van der Waals surface area contributed by atoms with Crippen molar-refractivity contribution in [2.45, 2.75) is 6.10 Å². The first kappa shape index (κ1) is 11.8. The van der Waals surface area contributed by atoms with E-state index in [2.05, 4.69) is 9.97 Å². The first-order valence-electron chi connectivity index (χ1n) is 5.18. The monoisotopic (exact) mass is 249 g/mol. The van der Waals surface area contributed by atoms with Crippen LogP contribution in [0.3, 0.4) is 0 Å². The fraction of sp³-hybridized carbons (Fsp3) is 0.167. The van der Waals surface area contributed by atoms with E-state index >= 15 is 0 Å². The predicted molar refractivity (Wildman–Crippen MR) is 65.9 cm³/mol. The minimum Gasteiger partial charge on any atom is -0.481 e. The summed E-state index contributed by atoms with van der Waals surface area (Å²) in [5.41, 5.74) is 6.46. The number of hydrogen-bond acceptors (Lipinski definition) is 4. The molecule has 0 saturated heterocycles. The third kappa shape index (κ3) is 3.15. The van der Waals surface area contributed by atoms with Gasteiger partial charge in [0, 0.05) is 25.0 Å². The highest BCUT2D eigenvalue weighted by atomic mass is 35.5. The van der Waals surface area contributed by atoms with Crippen molar-refractivity contribution in [1.29, 1.82) is 0 Å². The standard InChI is InChI=1S/C12H12ClN3O/c13-9-5-10(8-15-7-9)17-12(6-14)11-3-1-2-4-16-11/h1-5,7-8,12H,6,14H2. The van der Waals surface area contributed by atoms with Gasteiger partial charge in [-0.25, -0.2) is 0 Å². The van der Waals surface area contributed by atoms with Gasteiger partial charge in [0.25, 0.3) is 0 Å². The molecule has 88 valence electrons. The van der Waals surface area contributed by atoms with Crippen LogP contribution in [0.25, 0.3) is 0 Å². The second-order valence-electron chi connectivity index (χ2n) is 3.44. The first-order chi connectivity index (χ1) is 8.29. The van der Waals surface area contributed by atoms with Crippen molar-refractivity contribution in [2.24, 2.45) is 5.73 Å². The summed E-state index contributed by atoms with van der Waals surface area (Å²) in [7, 11) is 0. The van der Waals surface area contributed by atoms with E-state index in [9.17, 15) is 0 Å². The second kappa shape index (κ2) is 5.61. The predicted octanol–water partition coefficient (Wildman–Crippen LogP) is 2.21. The number of rotatable bonds is 4. The molecule has 0 saturated carbocycles. The van der Waals surface area contributed by atoms with E-state index in [1.165, 1.54) is 0 Å². The molecule has 2 aromatic heterocycles. The molecule has 5 heteroatoms. The maximum atomic E-state index is 5.83. The molecule has 17 heavy (non-hydrogen) atoms. The Hall–Kier alpha value is -1.65. The van der Waals surface area contributed by atoms with Gasteiger partial charge in [-0.1, -0.05) is 17.7 Å². The first-order valence-corrected chi connectivity index (χ1v) is 5.55. The van der Waals surface area contributed by atoms with E-state index in [0.717, 1.165) is 5.69 Å². The minimum absolute atomic E-state index is 0.295. The van der Waals surface area contributed by atoms with Gasteiger partial charge in [-0.2, -0.15) is 0 Å². The molecule has 0 aliphatic rings. The third-order valence-electron chi connectivity index (χ3n) is 2.19. The van der Waals surface area contributed by atoms with Crippen LogP contribution in [0.5, 0.6) is 5.75 Å². The van der Waals surface area contributed by atoms with Crippen molar-refractivity contribution >= 4 is 11.6 Å². The molecule has 2 heterocycles. The largest absolute Gasteiger partial charge is 0.481 e. The zero-order chi connectivity index (χ0) is 12.1. The molecular weight excluding hydrogens is 238 g/mol. The van der Waals surface area contributed by atoms with E-state index in [0.29, 0.717) is 17.3 Å². The maximum absolute atomic E-state index is 5.83. The van der Waals surface area contributed by atoms with E-state index in [1.807, 2.05) is 18.2 Å². The average Bonchev–Trinajstić information content (AvgIpc) is 2.37. The lowest BCUT2D eigenvalue weighted by atomic mass is 10.2. The summed E-state index contributed by atoms with van der Waals surface area (Å²) in [4.78, 5) is 8.16. The van der Waals surface area contributed by atoms with Crippen LogP contribution in [0.2, 0.25) is 5.02 Å². The molecular formula is C12H12ClN3O. The molecule has 2 rings (SSSR count). The van der Waals surface area contributed by atoms with Crippen molar-refractivity contribution < 1.29 is 4.74 Å². The maximum Gasteiger partial charge on any atom is 0.153 e. The number of hydrogen-bond donors (Lipinski definition) is 1. The Bertz CT molecular complexity index is 478. The zero-order valence-corrected chi connectivity index (χ0v) is 9.84. The molecule has 0 aliphatic carbocycles. The summed E-state index contributed by atoms with van der Waals surface area (Å²) in [6.45, 7) is 0.337. The van der Waals surface area contributed by atoms with Gasteiger partial charge >= 0.3 is 0 Å². The van der Waals surface area contributed by atoms with Crippen molar-refractivity contribution in [3.05, 3.63) is 53.6 Å². The molecule has 0 spiro atoms. The van der Waals surface area contributed by atoms with Gasteiger partial charge in [-0.15, -0.1) is 0 Å². The van der Waals surface area contributed by atoms with Gasteiger partial charge in [0.15, 0.2) is 6.10 Å². The number of halogens is 1. The van der Waals surface area contributed by atoms with E-state index in [1.54, 1.807) is 24.7 Å². The van der Waals surface area contributed by atoms with Crippen LogP contribution in [-0.2, 0) is 0 Å². The summed E-state index contributed by atoms with van der Waals surface area (Å²) in [6.07, 6.45) is 4.55. The molecule has 0 aromatic carbocycles. The van der Waals surface area contributed by atoms with E-state index in [4.69, 9.17) is 22.1 Å². The van der Waals surface area contributed by atoms with Crippen molar-refractivity contribution in [2.75, 3.05) is 6.54 Å². The topological polar surface area (TPSA) is 61.0 Å². The van der Waals surface area contributed by atoms with Crippen LogP contribution in [0, 0.1) is 0 Å². The van der Waals surface area contributed by atoms with Crippen LogP contribution < -0.4 is 10.5 Å². The zero-order valence-electron chi connectivity index (χ0n) is 9.08. The van der Waals surface area contributed by atoms with Crippen molar-refractivity contribution in [1.82, 2.24) is 9.97 Å². The van der Waals surface area contributed by atoms with Gasteiger partial charge < -0.3 is 10.5 Å². The Kier molecular flexibility index (Phi) is 3.90. The number of nitrogens with zero attached hydrogens (tertiary/aromatic N) is 2. The number of aromatic nitrogens is 2. The highest BCUT2D eigenvalue weighted by Crippen LogP contribution is 2.21. The molecule has 0 fully saturated rings. The van der Waals surface area contributed by atoms with Crippen molar-refractivity contribution in [3.63, 3.8) is 0 Å². The fourth-order valence-electron chi connectivity index (χ4n) is 1.42. The number of pyridine rings is 2. The molecule has 2 aromatic rings. The molecule has 0 amide bonds. The van der Waals surface area contributed by atoms with Crippen molar-refractivity contribution in [3.8, 4) is 5.75 Å². The van der Waals surface area contributed by atoms with Gasteiger partial charge in [-0.05, 0) is 12.1 Å². The van der Waals surface area contributed by atoms with E-state index in [-0.39, 0.29) is 6.10 Å². The molecule has 2 N–H and O–H groups in total. The smallest absolute Gasteiger partial charge is 0.153 e. The van der Waals surface area contributed by atoms with Crippen LogP contribution in [0.1, 0.15) is 11.8 Å². The number of ether oxygens (including phenoxy) is 1. The fourth-order valence-corrected chi connectivity index (χ4v) is 1.58.